The zero-order chi connectivity index (χ0) is 13.3. The molecular weight excluding hydrogens is 250 g/mol. The molecule has 0 aliphatic rings. The van der Waals surface area contributed by atoms with E-state index in [1.165, 1.54) is 0 Å². The number of pyridine rings is 1. The Morgan fingerprint density at radius 2 is 1.83 bits per heavy atom. The first-order valence-electron chi connectivity index (χ1n) is 5.46. The molecule has 0 amide bonds. The van der Waals surface area contributed by atoms with Gasteiger partial charge in [0, 0.05) is 10.6 Å². The monoisotopic (exact) mass is 261 g/mol. The number of benzene rings is 1. The second-order valence-electron chi connectivity index (χ2n) is 4.10. The topological polar surface area (TPSA) is 50.2 Å². The van der Waals surface area contributed by atoms with E-state index in [0.717, 1.165) is 16.8 Å². The van der Waals surface area contributed by atoms with Crippen LogP contribution in [0.5, 0.6) is 0 Å². The van der Waals surface area contributed by atoms with Crippen molar-refractivity contribution >= 4 is 17.6 Å². The third kappa shape index (κ3) is 2.36. The van der Waals surface area contributed by atoms with Crippen molar-refractivity contribution in [1.29, 1.82) is 0 Å². The van der Waals surface area contributed by atoms with Gasteiger partial charge in [-0.2, -0.15) is 0 Å². The Morgan fingerprint density at radius 1 is 1.22 bits per heavy atom. The number of halogens is 1. The van der Waals surface area contributed by atoms with Gasteiger partial charge in [-0.3, -0.25) is 4.98 Å². The van der Waals surface area contributed by atoms with E-state index < -0.39 is 5.97 Å². The molecule has 3 nitrogen and oxygen atoms in total. The third-order valence-electron chi connectivity index (χ3n) is 2.75. The molecule has 1 aromatic heterocycles. The van der Waals surface area contributed by atoms with Gasteiger partial charge >= 0.3 is 5.97 Å². The van der Waals surface area contributed by atoms with E-state index in [0.29, 0.717) is 10.7 Å². The Morgan fingerprint density at radius 3 is 2.39 bits per heavy atom. The number of aryl methyl sites for hydroxylation is 2. The van der Waals surface area contributed by atoms with Gasteiger partial charge in [-0.05, 0) is 37.6 Å². The number of hydrogen-bond acceptors (Lipinski definition) is 2. The summed E-state index contributed by atoms with van der Waals surface area (Å²) in [6.07, 6.45) is 0. The molecule has 4 heteroatoms. The highest BCUT2D eigenvalue weighted by atomic mass is 35.5. The molecular formula is C14H12ClNO2. The molecule has 0 aliphatic carbocycles. The molecule has 0 saturated carbocycles. The van der Waals surface area contributed by atoms with Crippen molar-refractivity contribution in [1.82, 2.24) is 4.98 Å². The van der Waals surface area contributed by atoms with Crippen LogP contribution in [-0.2, 0) is 0 Å². The molecule has 0 atom stereocenters. The summed E-state index contributed by atoms with van der Waals surface area (Å²) in [5.74, 6) is -0.953. The van der Waals surface area contributed by atoms with Crippen LogP contribution in [-0.4, -0.2) is 16.1 Å². The molecule has 0 radical (unpaired) electrons. The van der Waals surface area contributed by atoms with E-state index >= 15 is 0 Å². The molecule has 2 rings (SSSR count). The van der Waals surface area contributed by atoms with E-state index in [2.05, 4.69) is 4.98 Å². The maximum absolute atomic E-state index is 11.0. The van der Waals surface area contributed by atoms with Gasteiger partial charge in [0.15, 0.2) is 0 Å². The van der Waals surface area contributed by atoms with Gasteiger partial charge < -0.3 is 5.11 Å². The average molecular weight is 262 g/mol. The minimum Gasteiger partial charge on any atom is -0.478 e. The smallest absolute Gasteiger partial charge is 0.337 e. The quantitative estimate of drug-likeness (QED) is 0.896. The van der Waals surface area contributed by atoms with Gasteiger partial charge in [0.2, 0.25) is 0 Å². The van der Waals surface area contributed by atoms with E-state index in [4.69, 9.17) is 16.7 Å². The van der Waals surface area contributed by atoms with Crippen molar-refractivity contribution in [3.8, 4) is 11.3 Å². The number of rotatable bonds is 2. The van der Waals surface area contributed by atoms with E-state index in [1.54, 1.807) is 25.1 Å². The van der Waals surface area contributed by atoms with Gasteiger partial charge in [-0.1, -0.05) is 23.7 Å². The Labute approximate surface area is 110 Å². The summed E-state index contributed by atoms with van der Waals surface area (Å²) in [4.78, 5) is 15.4. The molecule has 0 fully saturated rings. The van der Waals surface area contributed by atoms with E-state index in [1.807, 2.05) is 19.1 Å². The molecule has 0 spiro atoms. The molecule has 0 saturated heterocycles. The number of carboxylic acids is 1. The van der Waals surface area contributed by atoms with E-state index in [9.17, 15) is 4.79 Å². The van der Waals surface area contributed by atoms with Crippen molar-refractivity contribution in [3.63, 3.8) is 0 Å². The highest BCUT2D eigenvalue weighted by Gasteiger charge is 2.12. The normalized spacial score (nSPS) is 10.4. The summed E-state index contributed by atoms with van der Waals surface area (Å²) in [5.41, 5.74) is 3.30. The lowest BCUT2D eigenvalue weighted by Crippen LogP contribution is -2.04. The predicted octanol–water partition coefficient (Wildman–Crippen LogP) is 3.72. The molecule has 0 aliphatic heterocycles. The Balaban J connectivity index is 2.56. The van der Waals surface area contributed by atoms with Crippen LogP contribution in [0.4, 0.5) is 0 Å². The SMILES string of the molecule is Cc1cc(C(=O)O)c(C)nc1-c1ccc(Cl)cc1. The summed E-state index contributed by atoms with van der Waals surface area (Å²) in [6, 6.07) is 8.97. The maximum atomic E-state index is 11.0. The van der Waals surface area contributed by atoms with Crippen LogP contribution >= 0.6 is 11.6 Å². The van der Waals surface area contributed by atoms with Gasteiger partial charge in [-0.25, -0.2) is 4.79 Å². The van der Waals surface area contributed by atoms with Crippen molar-refractivity contribution in [2.45, 2.75) is 13.8 Å². The fraction of sp³-hybridized carbons (Fsp3) is 0.143. The lowest BCUT2D eigenvalue weighted by molar-refractivity contribution is 0.0695. The van der Waals surface area contributed by atoms with Gasteiger partial charge in [0.25, 0.3) is 0 Å². The zero-order valence-corrected chi connectivity index (χ0v) is 10.8. The fourth-order valence-corrected chi connectivity index (χ4v) is 1.95. The first-order chi connectivity index (χ1) is 8.49. The second-order valence-corrected chi connectivity index (χ2v) is 4.54. The van der Waals surface area contributed by atoms with Crippen LogP contribution in [0, 0.1) is 13.8 Å². The Hall–Kier alpha value is -1.87. The van der Waals surface area contributed by atoms with Crippen molar-refractivity contribution in [3.05, 3.63) is 52.2 Å². The maximum Gasteiger partial charge on any atom is 0.337 e. The molecule has 1 heterocycles. The van der Waals surface area contributed by atoms with Crippen LogP contribution in [0.2, 0.25) is 5.02 Å². The third-order valence-corrected chi connectivity index (χ3v) is 3.00. The molecule has 0 bridgehead atoms. The van der Waals surface area contributed by atoms with Crippen LogP contribution in [0.25, 0.3) is 11.3 Å². The highest BCUT2D eigenvalue weighted by molar-refractivity contribution is 6.30. The standard InChI is InChI=1S/C14H12ClNO2/c1-8-7-12(14(17)18)9(2)16-13(8)10-3-5-11(15)6-4-10/h3-7H,1-2H3,(H,17,18). The number of hydrogen-bond donors (Lipinski definition) is 1. The minimum atomic E-state index is -0.953. The van der Waals surface area contributed by atoms with Gasteiger partial charge in [0.1, 0.15) is 0 Å². The number of aromatic carboxylic acids is 1. The number of nitrogens with zero attached hydrogens (tertiary/aromatic N) is 1. The predicted molar refractivity (Wildman–Crippen MR) is 71.1 cm³/mol. The molecule has 0 unspecified atom stereocenters. The Kier molecular flexibility index (Phi) is 3.34. The van der Waals surface area contributed by atoms with Crippen LogP contribution in [0.3, 0.4) is 0 Å². The number of aromatic nitrogens is 1. The van der Waals surface area contributed by atoms with Gasteiger partial charge in [0.05, 0.1) is 17.0 Å². The summed E-state index contributed by atoms with van der Waals surface area (Å²) < 4.78 is 0. The van der Waals surface area contributed by atoms with Crippen LogP contribution < -0.4 is 0 Å². The summed E-state index contributed by atoms with van der Waals surface area (Å²) in [5, 5.41) is 9.69. The second kappa shape index (κ2) is 4.78. The van der Waals surface area contributed by atoms with Crippen LogP contribution in [0.15, 0.2) is 30.3 Å². The van der Waals surface area contributed by atoms with Crippen molar-refractivity contribution in [2.24, 2.45) is 0 Å². The van der Waals surface area contributed by atoms with Gasteiger partial charge in [-0.15, -0.1) is 0 Å². The molecule has 1 N–H and O–H groups in total. The first kappa shape index (κ1) is 12.6. The summed E-state index contributed by atoms with van der Waals surface area (Å²) >= 11 is 5.84. The largest absolute Gasteiger partial charge is 0.478 e. The van der Waals surface area contributed by atoms with Crippen LogP contribution in [0.1, 0.15) is 21.6 Å². The summed E-state index contributed by atoms with van der Waals surface area (Å²) in [6.45, 7) is 3.55. The average Bonchev–Trinajstić information content (AvgIpc) is 2.32. The molecule has 1 aromatic carbocycles. The summed E-state index contributed by atoms with van der Waals surface area (Å²) in [7, 11) is 0. The zero-order valence-electron chi connectivity index (χ0n) is 10.1. The minimum absolute atomic E-state index is 0.241. The lowest BCUT2D eigenvalue weighted by Gasteiger charge is -2.09. The lowest BCUT2D eigenvalue weighted by atomic mass is 10.0. The number of carboxylic acid groups (broad SMARTS) is 1. The fourth-order valence-electron chi connectivity index (χ4n) is 1.82. The Bertz CT molecular complexity index is 606. The molecule has 2 aromatic rings. The molecule has 92 valence electrons. The van der Waals surface area contributed by atoms with Crippen molar-refractivity contribution in [2.75, 3.05) is 0 Å². The number of carbonyl (C=O) groups is 1. The molecule has 18 heavy (non-hydrogen) atoms. The van der Waals surface area contributed by atoms with E-state index in [-0.39, 0.29) is 5.56 Å². The van der Waals surface area contributed by atoms with Crippen molar-refractivity contribution < 1.29 is 9.90 Å². The first-order valence-corrected chi connectivity index (χ1v) is 5.84. The highest BCUT2D eigenvalue weighted by Crippen LogP contribution is 2.24.